The quantitative estimate of drug-likeness (QED) is 0.599. The molecule has 0 bridgehead atoms. The molecule has 0 aromatic carbocycles. The number of rotatable bonds is 4. The summed E-state index contributed by atoms with van der Waals surface area (Å²) in [6, 6.07) is 0. The van der Waals surface area contributed by atoms with Crippen molar-refractivity contribution < 1.29 is 4.39 Å². The number of hydrogen-bond donors (Lipinski definition) is 0. The largest absolute Gasteiger partial charge is 0.255 e. The van der Waals surface area contributed by atoms with E-state index in [1.165, 1.54) is 6.42 Å². The van der Waals surface area contributed by atoms with Crippen molar-refractivity contribution in [1.82, 2.24) is 0 Å². The molecule has 0 nitrogen and oxygen atoms in total. The molecule has 82 valence electrons. The van der Waals surface area contributed by atoms with Crippen LogP contribution in [0.3, 0.4) is 0 Å². The Kier molecular flexibility index (Phi) is 10.6. The average molecular weight is 211 g/mol. The van der Waals surface area contributed by atoms with Gasteiger partial charge in [0.05, 0.1) is 7.18 Å². The average Bonchev–Trinajstić information content (AvgIpc) is 2.03. The van der Waals surface area contributed by atoms with Crippen molar-refractivity contribution >= 4 is 11.6 Å². The second-order valence-electron chi connectivity index (χ2n) is 4.21. The fourth-order valence-corrected chi connectivity index (χ4v) is 1.93. The van der Waals surface area contributed by atoms with E-state index in [0.29, 0.717) is 24.4 Å². The molecule has 0 N–H and O–H groups in total. The Balaban J connectivity index is 0. The summed E-state index contributed by atoms with van der Waals surface area (Å²) in [5, 5.41) is 0.317. The van der Waals surface area contributed by atoms with Gasteiger partial charge in [-0.2, -0.15) is 0 Å². The molecule has 2 unspecified atom stereocenters. The van der Waals surface area contributed by atoms with Gasteiger partial charge in [0.15, 0.2) is 0 Å². The van der Waals surface area contributed by atoms with Crippen LogP contribution in [0.2, 0.25) is 0 Å². The monoisotopic (exact) mass is 210 g/mol. The molecule has 0 rings (SSSR count). The van der Waals surface area contributed by atoms with Crippen LogP contribution in [0, 0.1) is 17.8 Å². The third-order valence-corrected chi connectivity index (χ3v) is 2.51. The molecule has 0 saturated carbocycles. The molecule has 0 aliphatic rings. The van der Waals surface area contributed by atoms with Crippen molar-refractivity contribution in [3.05, 3.63) is 0 Å². The van der Waals surface area contributed by atoms with Crippen molar-refractivity contribution in [3.8, 4) is 0 Å². The Morgan fingerprint density at radius 3 is 1.46 bits per heavy atom. The first-order valence-electron chi connectivity index (χ1n) is 4.97. The predicted octanol–water partition coefficient (Wildman–Crippen LogP) is 4.52. The second kappa shape index (κ2) is 8.80. The van der Waals surface area contributed by atoms with E-state index < -0.39 is 0 Å². The molecular weight excluding hydrogens is 187 g/mol. The van der Waals surface area contributed by atoms with Crippen molar-refractivity contribution in [2.45, 2.75) is 46.4 Å². The van der Waals surface area contributed by atoms with Crippen molar-refractivity contribution in [2.24, 2.45) is 17.8 Å². The zero-order valence-corrected chi connectivity index (χ0v) is 10.5. The molecule has 13 heavy (non-hydrogen) atoms. The van der Waals surface area contributed by atoms with Gasteiger partial charge in [-0.05, 0) is 31.1 Å². The highest BCUT2D eigenvalue weighted by Gasteiger charge is 2.19. The maximum Gasteiger partial charge on any atom is 0.0785 e. The van der Waals surface area contributed by atoms with Gasteiger partial charge in [-0.15, -0.1) is 11.6 Å². The molecule has 0 fully saturated rings. The topological polar surface area (TPSA) is 0 Å². The SMILES string of the molecule is CC(C)CC(C(C)C)C(C)Cl.CF. The Morgan fingerprint density at radius 2 is 1.38 bits per heavy atom. The van der Waals surface area contributed by atoms with E-state index in [-0.39, 0.29) is 0 Å². The van der Waals surface area contributed by atoms with Crippen LogP contribution < -0.4 is 0 Å². The number of hydrogen-bond acceptors (Lipinski definition) is 0. The zero-order chi connectivity index (χ0) is 11.0. The highest BCUT2D eigenvalue weighted by atomic mass is 35.5. The summed E-state index contributed by atoms with van der Waals surface area (Å²) >= 11 is 6.08. The standard InChI is InChI=1S/C10H21Cl.CH3F/c1-7(2)6-10(8(3)4)9(5)11;1-2/h7-10H,6H2,1-5H3;1H3. The van der Waals surface area contributed by atoms with Crippen LogP contribution in [0.15, 0.2) is 0 Å². The zero-order valence-electron chi connectivity index (χ0n) is 9.77. The van der Waals surface area contributed by atoms with Gasteiger partial charge in [-0.1, -0.05) is 27.7 Å². The van der Waals surface area contributed by atoms with E-state index in [1.54, 1.807) is 0 Å². The summed E-state index contributed by atoms with van der Waals surface area (Å²) in [4.78, 5) is 0. The lowest BCUT2D eigenvalue weighted by molar-refractivity contribution is 0.313. The minimum absolute atomic E-state index is 0.317. The van der Waals surface area contributed by atoms with Gasteiger partial charge in [-0.3, -0.25) is 4.39 Å². The molecule has 0 aromatic rings. The van der Waals surface area contributed by atoms with Crippen LogP contribution in [0.1, 0.15) is 41.0 Å². The second-order valence-corrected chi connectivity index (χ2v) is 4.90. The summed E-state index contributed by atoms with van der Waals surface area (Å²) in [7, 11) is 0.500. The molecule has 0 spiro atoms. The van der Waals surface area contributed by atoms with E-state index in [2.05, 4.69) is 34.6 Å². The van der Waals surface area contributed by atoms with Gasteiger partial charge in [0.25, 0.3) is 0 Å². The smallest absolute Gasteiger partial charge is 0.0785 e. The highest BCUT2D eigenvalue weighted by Crippen LogP contribution is 2.26. The Bertz CT molecular complexity index is 92.3. The minimum Gasteiger partial charge on any atom is -0.255 e. The van der Waals surface area contributed by atoms with Crippen molar-refractivity contribution in [3.63, 3.8) is 0 Å². The molecule has 2 heteroatoms. The van der Waals surface area contributed by atoms with E-state index in [4.69, 9.17) is 11.6 Å². The van der Waals surface area contributed by atoms with Crippen LogP contribution in [0.4, 0.5) is 4.39 Å². The van der Waals surface area contributed by atoms with Gasteiger partial charge >= 0.3 is 0 Å². The summed E-state index contributed by atoms with van der Waals surface area (Å²) < 4.78 is 9.50. The maximum atomic E-state index is 9.50. The molecule has 0 aliphatic heterocycles. The van der Waals surface area contributed by atoms with E-state index >= 15 is 0 Å². The minimum atomic E-state index is 0.317. The van der Waals surface area contributed by atoms with Crippen LogP contribution in [0.25, 0.3) is 0 Å². The first kappa shape index (κ1) is 15.7. The maximum absolute atomic E-state index is 9.50. The molecule has 0 amide bonds. The van der Waals surface area contributed by atoms with Crippen LogP contribution in [-0.2, 0) is 0 Å². The molecule has 2 atom stereocenters. The normalized spacial score (nSPS) is 15.2. The highest BCUT2D eigenvalue weighted by molar-refractivity contribution is 6.20. The van der Waals surface area contributed by atoms with Crippen LogP contribution in [0.5, 0.6) is 0 Å². The fourth-order valence-electron chi connectivity index (χ4n) is 1.53. The molecule has 0 aromatic heterocycles. The number of halogens is 2. The lowest BCUT2D eigenvalue weighted by atomic mass is 9.85. The lowest BCUT2D eigenvalue weighted by Crippen LogP contribution is -2.19. The summed E-state index contributed by atoms with van der Waals surface area (Å²) in [6.07, 6.45) is 1.25. The Morgan fingerprint density at radius 1 is 1.00 bits per heavy atom. The molecule has 0 saturated heterocycles. The summed E-state index contributed by atoms with van der Waals surface area (Å²) in [6.45, 7) is 11.1. The first-order chi connectivity index (χ1) is 5.95. The van der Waals surface area contributed by atoms with Crippen molar-refractivity contribution in [1.29, 1.82) is 0 Å². The van der Waals surface area contributed by atoms with E-state index in [1.807, 2.05) is 0 Å². The van der Waals surface area contributed by atoms with Crippen LogP contribution >= 0.6 is 11.6 Å². The summed E-state index contributed by atoms with van der Waals surface area (Å²) in [5.41, 5.74) is 0. The third-order valence-electron chi connectivity index (χ3n) is 2.19. The number of alkyl halides is 2. The summed E-state index contributed by atoms with van der Waals surface area (Å²) in [5.74, 6) is 2.16. The lowest BCUT2D eigenvalue weighted by Gasteiger charge is -2.24. The van der Waals surface area contributed by atoms with E-state index in [9.17, 15) is 4.39 Å². The van der Waals surface area contributed by atoms with Gasteiger partial charge in [0, 0.05) is 5.38 Å². The van der Waals surface area contributed by atoms with Crippen molar-refractivity contribution in [2.75, 3.05) is 7.18 Å². The molecule has 0 aliphatic carbocycles. The molecule has 0 radical (unpaired) electrons. The Hall–Kier alpha value is 0.220. The fraction of sp³-hybridized carbons (Fsp3) is 1.00. The molecular formula is C11H24ClF. The third kappa shape index (κ3) is 8.55. The van der Waals surface area contributed by atoms with Crippen LogP contribution in [-0.4, -0.2) is 12.6 Å². The van der Waals surface area contributed by atoms with Gasteiger partial charge in [0.1, 0.15) is 0 Å². The first-order valence-corrected chi connectivity index (χ1v) is 5.40. The van der Waals surface area contributed by atoms with Gasteiger partial charge in [0.2, 0.25) is 0 Å². The predicted molar refractivity (Wildman–Crippen MR) is 60.1 cm³/mol. The Labute approximate surface area is 87.9 Å². The van der Waals surface area contributed by atoms with E-state index in [0.717, 1.165) is 5.92 Å². The van der Waals surface area contributed by atoms with Gasteiger partial charge < -0.3 is 0 Å². The molecule has 0 heterocycles. The van der Waals surface area contributed by atoms with Gasteiger partial charge in [-0.25, -0.2) is 0 Å².